The second-order valence-corrected chi connectivity index (χ2v) is 1.66. The first-order valence-corrected chi connectivity index (χ1v) is 3.17. The van der Waals surface area contributed by atoms with Gasteiger partial charge in [-0.1, -0.05) is 13.3 Å². The van der Waals surface area contributed by atoms with E-state index in [0.717, 1.165) is 12.8 Å². The first kappa shape index (κ1) is 17.5. The third-order valence-electron chi connectivity index (χ3n) is 1.15. The molecule has 1 rings (SSSR count). The second kappa shape index (κ2) is 16.8. The molecule has 3 heteroatoms. The summed E-state index contributed by atoms with van der Waals surface area (Å²) in [5, 5.41) is 0. The van der Waals surface area contributed by atoms with Crippen molar-refractivity contribution in [2.24, 2.45) is 0 Å². The zero-order chi connectivity index (χ0) is 9.11. The maximum Gasteiger partial charge on any atom is 3.00 e. The van der Waals surface area contributed by atoms with Gasteiger partial charge in [0.15, 0.2) is 0 Å². The normalized spacial score (nSPS) is 10.9. The molecule has 1 aliphatic carbocycles. The molecule has 68 valence electrons. The fourth-order valence-corrected chi connectivity index (χ4v) is 0.693. The van der Waals surface area contributed by atoms with Crippen LogP contribution < -0.4 is 0 Å². The Morgan fingerprint density at radius 3 is 2.08 bits per heavy atom. The summed E-state index contributed by atoms with van der Waals surface area (Å²) in [6.07, 6.45) is 9.65. The zero-order valence-electron chi connectivity index (χ0n) is 6.87. The fourth-order valence-electron chi connectivity index (χ4n) is 0.693. The van der Waals surface area contributed by atoms with Gasteiger partial charge in [-0.3, -0.25) is 19.7 Å². The van der Waals surface area contributed by atoms with Gasteiger partial charge in [-0.25, -0.2) is 11.6 Å². The average Bonchev–Trinajstić information content (AvgIpc) is 2.63. The largest absolute Gasteiger partial charge is 3.00 e. The van der Waals surface area contributed by atoms with Crippen molar-refractivity contribution < 1.29 is 29.1 Å². The third kappa shape index (κ3) is 9.44. The summed E-state index contributed by atoms with van der Waals surface area (Å²) in [6, 6.07) is 0. The Morgan fingerprint density at radius 1 is 1.42 bits per heavy atom. The minimum absolute atomic E-state index is 0. The van der Waals surface area contributed by atoms with Crippen LogP contribution in [-0.4, -0.2) is 13.6 Å². The molecule has 0 radical (unpaired) electrons. The van der Waals surface area contributed by atoms with Gasteiger partial charge in [0, 0.05) is 0 Å². The predicted octanol–water partition coefficient (Wildman–Crippen LogP) is 1.54. The molecule has 0 fully saturated rings. The first-order valence-electron chi connectivity index (χ1n) is 3.17. The Labute approximate surface area is 86.5 Å². The van der Waals surface area contributed by atoms with E-state index in [1.54, 1.807) is 0 Å². The van der Waals surface area contributed by atoms with E-state index >= 15 is 0 Å². The van der Waals surface area contributed by atoms with Crippen LogP contribution in [0.1, 0.15) is 19.8 Å². The molecule has 0 aliphatic heterocycles. The molecule has 0 saturated carbocycles. The first-order chi connectivity index (χ1) is 5.43. The Kier molecular flexibility index (Phi) is 24.5. The maximum atomic E-state index is 7.75. The van der Waals surface area contributed by atoms with Crippen LogP contribution in [0, 0.1) is 6.08 Å². The van der Waals surface area contributed by atoms with Crippen LogP contribution in [0.15, 0.2) is 17.7 Å². The van der Waals surface area contributed by atoms with Gasteiger partial charge in [-0.15, -0.1) is 6.42 Å². The predicted molar refractivity (Wildman–Crippen MR) is 44.3 cm³/mol. The molecule has 0 saturated heterocycles. The minimum atomic E-state index is 0. The second-order valence-electron chi connectivity index (χ2n) is 1.66. The summed E-state index contributed by atoms with van der Waals surface area (Å²) in [6.45, 7) is 8.65. The standard InChI is InChI=1S/C7H9.2CHO.Rh/c1-2-7-5-3-4-6-7;2*1-2;/h3,5H,2,4H2,1H3;2*1H;/q3*-1;+3. The molecule has 0 aromatic carbocycles. The Hall–Kier alpha value is -0.557. The van der Waals surface area contributed by atoms with E-state index in [9.17, 15) is 0 Å². The van der Waals surface area contributed by atoms with Crippen LogP contribution >= 0.6 is 0 Å². The van der Waals surface area contributed by atoms with E-state index in [2.05, 4.69) is 38.7 Å². The molecule has 0 bridgehead atoms. The summed E-state index contributed by atoms with van der Waals surface area (Å²) in [5.41, 5.74) is 1.36. The quantitative estimate of drug-likeness (QED) is 0.404. The molecule has 0 atom stereocenters. The summed E-state index contributed by atoms with van der Waals surface area (Å²) in [7, 11) is 0. The van der Waals surface area contributed by atoms with E-state index in [-0.39, 0.29) is 19.5 Å². The van der Waals surface area contributed by atoms with E-state index in [1.807, 2.05) is 0 Å². The van der Waals surface area contributed by atoms with Gasteiger partial charge in [-0.2, -0.15) is 6.08 Å². The minimum Gasteiger partial charge on any atom is -0.545 e. The molecule has 0 spiro atoms. The van der Waals surface area contributed by atoms with Crippen molar-refractivity contribution in [3.05, 3.63) is 23.8 Å². The van der Waals surface area contributed by atoms with Gasteiger partial charge in [0.2, 0.25) is 0 Å². The van der Waals surface area contributed by atoms with Gasteiger partial charge in [0.05, 0.1) is 0 Å². The van der Waals surface area contributed by atoms with Crippen LogP contribution in [0.5, 0.6) is 0 Å². The molecule has 1 aliphatic rings. The maximum absolute atomic E-state index is 7.75. The molecule has 2 nitrogen and oxygen atoms in total. The Morgan fingerprint density at radius 2 is 1.92 bits per heavy atom. The van der Waals surface area contributed by atoms with Crippen LogP contribution in [0.3, 0.4) is 0 Å². The third-order valence-corrected chi connectivity index (χ3v) is 1.15. The molecular weight excluding hydrogens is 243 g/mol. The molecule has 0 aromatic heterocycles. The molecule has 0 amide bonds. The number of rotatable bonds is 1. The van der Waals surface area contributed by atoms with Crippen molar-refractivity contribution in [1.29, 1.82) is 0 Å². The summed E-state index contributed by atoms with van der Waals surface area (Å²) in [5.74, 6) is 0. The van der Waals surface area contributed by atoms with Crippen molar-refractivity contribution in [2.75, 3.05) is 0 Å². The summed E-state index contributed by atoms with van der Waals surface area (Å²) >= 11 is 0. The van der Waals surface area contributed by atoms with Crippen molar-refractivity contribution in [3.8, 4) is 0 Å². The Balaban J connectivity index is -0.000000144. The number of hydrogen-bond acceptors (Lipinski definition) is 2. The van der Waals surface area contributed by atoms with Gasteiger partial charge in [-0.05, 0) is 0 Å². The topological polar surface area (TPSA) is 34.1 Å². The molecule has 0 aromatic rings. The number of allylic oxidation sites excluding steroid dienone is 4. The van der Waals surface area contributed by atoms with Crippen LogP contribution in [0.4, 0.5) is 0 Å². The monoisotopic (exact) mass is 254 g/mol. The van der Waals surface area contributed by atoms with E-state index < -0.39 is 0 Å². The smallest absolute Gasteiger partial charge is 0.545 e. The average molecular weight is 254 g/mol. The molecule has 0 unspecified atom stereocenters. The summed E-state index contributed by atoms with van der Waals surface area (Å²) in [4.78, 5) is 15.5. The van der Waals surface area contributed by atoms with E-state index in [0.29, 0.717) is 0 Å². The van der Waals surface area contributed by atoms with Gasteiger partial charge in [0.1, 0.15) is 0 Å². The van der Waals surface area contributed by atoms with Crippen LogP contribution in [-0.2, 0) is 29.1 Å². The van der Waals surface area contributed by atoms with Crippen molar-refractivity contribution in [3.63, 3.8) is 0 Å². The van der Waals surface area contributed by atoms with E-state index in [4.69, 9.17) is 9.59 Å². The van der Waals surface area contributed by atoms with Crippen molar-refractivity contribution in [2.45, 2.75) is 19.8 Å². The van der Waals surface area contributed by atoms with Crippen LogP contribution in [0.2, 0.25) is 0 Å². The fraction of sp³-hybridized carbons (Fsp3) is 0.333. The molecule has 0 heterocycles. The van der Waals surface area contributed by atoms with Gasteiger partial charge >= 0.3 is 19.5 Å². The molecule has 0 N–H and O–H groups in total. The molecular formula is C9H11O2Rh. The SMILES string of the molecule is CCC1=[C-]CC=C1.[CH-]=O.[CH-]=O.[Rh+3]. The van der Waals surface area contributed by atoms with Crippen molar-refractivity contribution in [1.82, 2.24) is 0 Å². The Bertz CT molecular complexity index is 139. The van der Waals surface area contributed by atoms with Gasteiger partial charge in [0.25, 0.3) is 0 Å². The molecule has 12 heavy (non-hydrogen) atoms. The number of carbonyl (C=O) groups excluding carboxylic acids is 2. The van der Waals surface area contributed by atoms with E-state index in [1.165, 1.54) is 5.57 Å². The summed E-state index contributed by atoms with van der Waals surface area (Å²) < 4.78 is 0. The van der Waals surface area contributed by atoms with Gasteiger partial charge < -0.3 is 9.59 Å². The van der Waals surface area contributed by atoms with Crippen LogP contribution in [0.25, 0.3) is 0 Å². The zero-order valence-corrected chi connectivity index (χ0v) is 8.51. The van der Waals surface area contributed by atoms with Crippen molar-refractivity contribution >= 4 is 13.6 Å². The number of hydrogen-bond donors (Lipinski definition) is 0.